The Balaban J connectivity index is 0.000000338. The molecule has 4 aromatic rings. The number of piperazine rings is 1. The lowest BCUT2D eigenvalue weighted by molar-refractivity contribution is -0.193. The molecule has 0 spiro atoms. The third-order valence-electron chi connectivity index (χ3n) is 10.4. The summed E-state index contributed by atoms with van der Waals surface area (Å²) in [5, 5.41) is 29.4. The van der Waals surface area contributed by atoms with Gasteiger partial charge in [-0.2, -0.15) is 36.3 Å². The van der Waals surface area contributed by atoms with Gasteiger partial charge in [0.15, 0.2) is 5.82 Å². The van der Waals surface area contributed by atoms with Crippen LogP contribution in [0.3, 0.4) is 0 Å². The lowest BCUT2D eigenvalue weighted by Gasteiger charge is -2.34. The number of carboxylic acids is 2. The van der Waals surface area contributed by atoms with Gasteiger partial charge in [-0.15, -0.1) is 0 Å². The largest absolute Gasteiger partial charge is 0.508 e. The van der Waals surface area contributed by atoms with Crippen molar-refractivity contribution >= 4 is 39.4 Å². The minimum atomic E-state index is -5.08. The number of fused-ring (bicyclic) bond motifs is 5. The van der Waals surface area contributed by atoms with E-state index in [0.717, 1.165) is 58.3 Å². The number of aromatic nitrogens is 3. The van der Waals surface area contributed by atoms with Crippen molar-refractivity contribution < 1.29 is 69.5 Å². The number of carboxylic acid groups (broad SMARTS) is 2. The number of ether oxygens (including phenoxy) is 2. The second-order valence-electron chi connectivity index (χ2n) is 14.1. The molecule has 4 saturated heterocycles. The van der Waals surface area contributed by atoms with Crippen LogP contribution in [-0.2, 0) is 14.3 Å². The number of nitrogens with one attached hydrogen (secondary N) is 1. The SMILES string of the molecule is COC1CN2CCCC2(COc2nc(N3C[C@H]4CC[C@@H](C3)N4)c3cnc(-c4cc(O)cc5cccc(F)c45)c(F)c3n2)C1.O=C(O)C(F)(F)F.O=C(O)C(F)(F)F. The number of phenolic OH excluding ortho intramolecular Hbond substituents is 1. The van der Waals surface area contributed by atoms with Crippen LogP contribution in [0.15, 0.2) is 36.5 Å². The summed E-state index contributed by atoms with van der Waals surface area (Å²) in [5.41, 5.74) is -0.0281. The Hall–Kier alpha value is -5.15. The molecular weight excluding hydrogens is 780 g/mol. The summed E-state index contributed by atoms with van der Waals surface area (Å²) in [5.74, 6) is -6.27. The van der Waals surface area contributed by atoms with Crippen molar-refractivity contribution in [3.8, 4) is 23.0 Å². The zero-order chi connectivity index (χ0) is 41.4. The first-order chi connectivity index (χ1) is 26.8. The van der Waals surface area contributed by atoms with Gasteiger partial charge in [0.1, 0.15) is 35.2 Å². The van der Waals surface area contributed by atoms with E-state index in [0.29, 0.717) is 35.3 Å². The summed E-state index contributed by atoms with van der Waals surface area (Å²) in [6.07, 6.45) is -3.34. The van der Waals surface area contributed by atoms with Gasteiger partial charge in [0.05, 0.1) is 17.0 Å². The molecule has 8 rings (SSSR count). The molecule has 4 aliphatic heterocycles. The van der Waals surface area contributed by atoms with Crippen LogP contribution in [-0.4, -0.2) is 123 Å². The van der Waals surface area contributed by atoms with E-state index in [9.17, 15) is 31.4 Å². The second-order valence-corrected chi connectivity index (χ2v) is 14.1. The molecule has 4 N–H and O–H groups in total. The zero-order valence-corrected chi connectivity index (χ0v) is 30.0. The number of carbonyl (C=O) groups is 2. The van der Waals surface area contributed by atoms with Crippen LogP contribution in [0.5, 0.6) is 11.8 Å². The molecule has 4 fully saturated rings. The van der Waals surface area contributed by atoms with Crippen molar-refractivity contribution in [1.29, 1.82) is 0 Å². The number of nitrogens with zero attached hydrogens (tertiary/aromatic N) is 5. The topological polar surface area (TPSA) is 170 Å². The van der Waals surface area contributed by atoms with Crippen LogP contribution in [0.1, 0.15) is 32.1 Å². The van der Waals surface area contributed by atoms with Crippen LogP contribution in [0.25, 0.3) is 32.9 Å². The summed E-state index contributed by atoms with van der Waals surface area (Å²) < 4.78 is 107. The Labute approximate surface area is 318 Å². The summed E-state index contributed by atoms with van der Waals surface area (Å²) in [4.78, 5) is 36.4. The fourth-order valence-electron chi connectivity index (χ4n) is 7.86. The van der Waals surface area contributed by atoms with Gasteiger partial charge in [-0.1, -0.05) is 12.1 Å². The van der Waals surface area contributed by atoms with Crippen molar-refractivity contribution in [2.75, 3.05) is 44.8 Å². The van der Waals surface area contributed by atoms with E-state index in [1.807, 2.05) is 0 Å². The molecule has 13 nitrogen and oxygen atoms in total. The van der Waals surface area contributed by atoms with Gasteiger partial charge in [-0.3, -0.25) is 9.88 Å². The van der Waals surface area contributed by atoms with E-state index in [-0.39, 0.29) is 45.6 Å². The molecule has 57 heavy (non-hydrogen) atoms. The van der Waals surface area contributed by atoms with E-state index >= 15 is 8.78 Å². The van der Waals surface area contributed by atoms with Gasteiger partial charge < -0.3 is 35.0 Å². The van der Waals surface area contributed by atoms with Crippen molar-refractivity contribution in [2.45, 2.75) is 68.2 Å². The Bertz CT molecular complexity index is 2120. The summed E-state index contributed by atoms with van der Waals surface area (Å²) >= 11 is 0. The number of rotatable bonds is 6. The van der Waals surface area contributed by atoms with Crippen molar-refractivity contribution in [3.63, 3.8) is 0 Å². The van der Waals surface area contributed by atoms with Gasteiger partial charge in [0, 0.05) is 56.0 Å². The van der Waals surface area contributed by atoms with Crippen LogP contribution >= 0.6 is 0 Å². The molecule has 0 amide bonds. The molecule has 308 valence electrons. The molecule has 4 aliphatic rings. The molecule has 0 radical (unpaired) electrons. The molecule has 2 unspecified atom stereocenters. The Morgan fingerprint density at radius 3 is 2.25 bits per heavy atom. The molecule has 0 saturated carbocycles. The Morgan fingerprint density at radius 1 is 0.982 bits per heavy atom. The second kappa shape index (κ2) is 16.0. The number of aromatic hydroxyl groups is 1. The fraction of sp³-hybridized carbons (Fsp3) is 0.472. The average Bonchev–Trinajstić information content (AvgIpc) is 3.81. The number of anilines is 1. The summed E-state index contributed by atoms with van der Waals surface area (Å²) in [6, 6.07) is 8.12. The maximum absolute atomic E-state index is 16.6. The standard InChI is InChI=1S/C32H34F2N6O3.2C2HF3O2/c1-42-22-12-32(8-3-9-40(32)16-22)17-43-31-37-29-24(30(38-31)39-14-19-6-7-20(15-39)36-19)13-35-28(27(29)34)23-11-21(41)10-18-4-2-5-25(33)26(18)23;2*3-2(4,5)1(6)7/h2,4-5,10-11,13,19-20,22,36,41H,3,6-9,12,14-17H2,1H3;2*(H,6,7)/t19-,20+,22?,32?;;. The lowest BCUT2D eigenvalue weighted by Crippen LogP contribution is -2.51. The van der Waals surface area contributed by atoms with E-state index in [4.69, 9.17) is 34.3 Å². The highest BCUT2D eigenvalue weighted by Gasteiger charge is 2.49. The molecule has 2 bridgehead atoms. The highest BCUT2D eigenvalue weighted by molar-refractivity contribution is 6.00. The monoisotopic (exact) mass is 816 g/mol. The number of methoxy groups -OCH3 is 1. The number of alkyl halides is 6. The van der Waals surface area contributed by atoms with Crippen LogP contribution < -0.4 is 15.0 Å². The molecule has 2 aromatic carbocycles. The van der Waals surface area contributed by atoms with E-state index < -0.39 is 35.9 Å². The van der Waals surface area contributed by atoms with Gasteiger partial charge in [0.2, 0.25) is 0 Å². The number of halogens is 8. The lowest BCUT2D eigenvalue weighted by atomic mass is 9.94. The molecule has 6 heterocycles. The number of hydrogen-bond donors (Lipinski definition) is 4. The Morgan fingerprint density at radius 2 is 1.63 bits per heavy atom. The van der Waals surface area contributed by atoms with Gasteiger partial charge in [0.25, 0.3) is 0 Å². The first kappa shape index (κ1) is 41.5. The Kier molecular flexibility index (Phi) is 11.6. The summed E-state index contributed by atoms with van der Waals surface area (Å²) in [6.45, 7) is 3.72. The predicted molar refractivity (Wildman–Crippen MR) is 186 cm³/mol. The van der Waals surface area contributed by atoms with Gasteiger partial charge in [-0.05, 0) is 62.2 Å². The molecule has 4 atom stereocenters. The summed E-state index contributed by atoms with van der Waals surface area (Å²) in [7, 11) is 1.75. The fourth-order valence-corrected chi connectivity index (χ4v) is 7.86. The van der Waals surface area contributed by atoms with Crippen LogP contribution in [0.2, 0.25) is 0 Å². The third-order valence-corrected chi connectivity index (χ3v) is 10.4. The zero-order valence-electron chi connectivity index (χ0n) is 30.0. The van der Waals surface area contributed by atoms with Crippen molar-refractivity contribution in [1.82, 2.24) is 25.2 Å². The third kappa shape index (κ3) is 8.89. The first-order valence-electron chi connectivity index (χ1n) is 17.6. The number of aliphatic carboxylic acids is 2. The number of benzene rings is 2. The van der Waals surface area contributed by atoms with Gasteiger partial charge in [-0.25, -0.2) is 18.4 Å². The van der Waals surface area contributed by atoms with E-state index in [2.05, 4.69) is 25.1 Å². The van der Waals surface area contributed by atoms with Crippen molar-refractivity contribution in [2.24, 2.45) is 0 Å². The number of phenols is 1. The molecule has 2 aromatic heterocycles. The molecule has 21 heteroatoms. The minimum Gasteiger partial charge on any atom is -0.508 e. The van der Waals surface area contributed by atoms with E-state index in [1.165, 1.54) is 18.2 Å². The quantitative estimate of drug-likeness (QED) is 0.176. The van der Waals surface area contributed by atoms with Crippen LogP contribution in [0.4, 0.5) is 40.9 Å². The van der Waals surface area contributed by atoms with E-state index in [1.54, 1.807) is 25.4 Å². The van der Waals surface area contributed by atoms with Crippen LogP contribution in [0, 0.1) is 11.6 Å². The highest BCUT2D eigenvalue weighted by atomic mass is 19.4. The van der Waals surface area contributed by atoms with Gasteiger partial charge >= 0.3 is 30.3 Å². The first-order valence-corrected chi connectivity index (χ1v) is 17.6. The number of pyridine rings is 1. The smallest absolute Gasteiger partial charge is 0.490 e. The number of hydrogen-bond acceptors (Lipinski definition) is 11. The van der Waals surface area contributed by atoms with Crippen molar-refractivity contribution in [3.05, 3.63) is 48.2 Å². The normalized spacial score (nSPS) is 23.1. The maximum Gasteiger partial charge on any atom is 0.490 e. The maximum atomic E-state index is 16.6. The minimum absolute atomic E-state index is 0.0608. The highest BCUT2D eigenvalue weighted by Crippen LogP contribution is 2.41. The molecular formula is C36H36F8N6O7. The predicted octanol–water partition coefficient (Wildman–Crippen LogP) is 5.67. The average molecular weight is 817 g/mol. The molecule has 0 aliphatic carbocycles.